The zero-order valence-electron chi connectivity index (χ0n) is 19.3. The molecule has 35 heavy (non-hydrogen) atoms. The van der Waals surface area contributed by atoms with Crippen LogP contribution in [-0.4, -0.2) is 29.8 Å². The van der Waals surface area contributed by atoms with Gasteiger partial charge in [0.15, 0.2) is 11.3 Å². The molecule has 0 saturated heterocycles. The van der Waals surface area contributed by atoms with Gasteiger partial charge in [0, 0.05) is 10.6 Å². The van der Waals surface area contributed by atoms with Crippen LogP contribution in [0.2, 0.25) is 5.02 Å². The number of anilines is 1. The summed E-state index contributed by atoms with van der Waals surface area (Å²) in [6.07, 6.45) is 1.77. The summed E-state index contributed by atoms with van der Waals surface area (Å²) < 4.78 is 11.2. The number of carbonyl (C=O) groups excluding carboxylic acids is 2. The van der Waals surface area contributed by atoms with Crippen LogP contribution in [0.25, 0.3) is 5.76 Å². The van der Waals surface area contributed by atoms with Gasteiger partial charge in [-0.05, 0) is 49.8 Å². The number of benzene rings is 3. The Bertz CT molecular complexity index is 1330. The van der Waals surface area contributed by atoms with Crippen LogP contribution >= 0.6 is 11.6 Å². The van der Waals surface area contributed by atoms with Gasteiger partial charge in [0.25, 0.3) is 0 Å². The fraction of sp³-hybridized carbons (Fsp3) is 0.179. The zero-order chi connectivity index (χ0) is 24.6. The summed E-state index contributed by atoms with van der Waals surface area (Å²) in [6.45, 7) is 3.91. The van der Waals surface area contributed by atoms with Gasteiger partial charge in [0.05, 0.1) is 18.2 Å². The summed E-state index contributed by atoms with van der Waals surface area (Å²) in [5.41, 5.74) is 1.88. The van der Waals surface area contributed by atoms with Crippen molar-refractivity contribution >= 4 is 40.7 Å². The van der Waals surface area contributed by atoms with E-state index in [4.69, 9.17) is 21.1 Å². The molecule has 176 valence electrons. The van der Waals surface area contributed by atoms with Crippen molar-refractivity contribution in [2.24, 2.45) is 5.10 Å². The number of ether oxygens (including phenoxy) is 2. The number of hydrogen-bond donors (Lipinski definition) is 0. The third-order valence-electron chi connectivity index (χ3n) is 6.18. The number of esters is 2. The molecule has 0 bridgehead atoms. The van der Waals surface area contributed by atoms with Gasteiger partial charge in [-0.3, -0.25) is 0 Å². The number of hydrogen-bond acceptors (Lipinski definition) is 6. The first kappa shape index (κ1) is 22.9. The highest BCUT2D eigenvalue weighted by atomic mass is 35.5. The van der Waals surface area contributed by atoms with Gasteiger partial charge in [-0.1, -0.05) is 71.8 Å². The number of halogens is 1. The van der Waals surface area contributed by atoms with Crippen molar-refractivity contribution in [3.05, 3.63) is 107 Å². The van der Waals surface area contributed by atoms with Crippen LogP contribution < -0.4 is 5.01 Å². The molecular formula is C28H23ClN2O4. The molecular weight excluding hydrogens is 464 g/mol. The number of carbonyl (C=O) groups is 2. The highest BCUT2D eigenvalue weighted by Crippen LogP contribution is 2.49. The maximum Gasteiger partial charge on any atom is 0.355 e. The second-order valence-corrected chi connectivity index (χ2v) is 8.86. The van der Waals surface area contributed by atoms with Crippen molar-refractivity contribution in [3.8, 4) is 0 Å². The minimum atomic E-state index is -1.43. The molecule has 0 amide bonds. The van der Waals surface area contributed by atoms with Crippen LogP contribution in [0, 0.1) is 6.92 Å². The summed E-state index contributed by atoms with van der Waals surface area (Å²) in [4.78, 5) is 27.0. The Balaban J connectivity index is 1.74. The molecule has 2 aliphatic heterocycles. The number of nitrogens with zero attached hydrogens (tertiary/aromatic N) is 2. The van der Waals surface area contributed by atoms with E-state index >= 15 is 0 Å². The first-order chi connectivity index (χ1) is 16.9. The monoisotopic (exact) mass is 486 g/mol. The van der Waals surface area contributed by atoms with Gasteiger partial charge in [-0.15, -0.1) is 0 Å². The smallest absolute Gasteiger partial charge is 0.355 e. The fourth-order valence-electron chi connectivity index (χ4n) is 4.53. The summed E-state index contributed by atoms with van der Waals surface area (Å²) >= 11 is 6.13. The predicted octanol–water partition coefficient (Wildman–Crippen LogP) is 5.51. The average Bonchev–Trinajstić information content (AvgIpc) is 3.39. The molecule has 0 fully saturated rings. The predicted molar refractivity (Wildman–Crippen MR) is 135 cm³/mol. The SMILES string of the molecule is CCOC(=O)C1=NN(c2ccc(Cl)cc2)C2(C=C(c3ccc(C)cc3)OC2=O)C1c1ccccc1. The van der Waals surface area contributed by atoms with Crippen molar-refractivity contribution in [1.82, 2.24) is 0 Å². The molecule has 2 heterocycles. The van der Waals surface area contributed by atoms with Crippen molar-refractivity contribution in [2.45, 2.75) is 25.3 Å². The fourth-order valence-corrected chi connectivity index (χ4v) is 4.66. The van der Waals surface area contributed by atoms with E-state index in [1.165, 1.54) is 0 Å². The first-order valence-electron chi connectivity index (χ1n) is 11.3. The Kier molecular flexibility index (Phi) is 5.91. The van der Waals surface area contributed by atoms with Crippen molar-refractivity contribution < 1.29 is 19.1 Å². The molecule has 0 aromatic heterocycles. The van der Waals surface area contributed by atoms with Crippen molar-refractivity contribution in [3.63, 3.8) is 0 Å². The molecule has 0 N–H and O–H groups in total. The third-order valence-corrected chi connectivity index (χ3v) is 6.43. The summed E-state index contributed by atoms with van der Waals surface area (Å²) in [5.74, 6) is -1.45. The van der Waals surface area contributed by atoms with E-state index in [2.05, 4.69) is 5.10 Å². The van der Waals surface area contributed by atoms with Gasteiger partial charge in [0.1, 0.15) is 5.76 Å². The highest BCUT2D eigenvalue weighted by Gasteiger charge is 2.62. The lowest BCUT2D eigenvalue weighted by Gasteiger charge is -2.33. The highest BCUT2D eigenvalue weighted by molar-refractivity contribution is 6.41. The van der Waals surface area contributed by atoms with E-state index in [1.54, 1.807) is 42.3 Å². The quantitative estimate of drug-likeness (QED) is 0.445. The number of aryl methyl sites for hydroxylation is 1. The molecule has 2 unspecified atom stereocenters. The van der Waals surface area contributed by atoms with Crippen LogP contribution in [0.5, 0.6) is 0 Å². The van der Waals surface area contributed by atoms with E-state index in [-0.39, 0.29) is 12.3 Å². The molecule has 3 aromatic rings. The molecule has 5 rings (SSSR count). The Labute approximate surface area is 208 Å². The molecule has 7 heteroatoms. The summed E-state index contributed by atoms with van der Waals surface area (Å²) in [6, 6.07) is 24.0. The van der Waals surface area contributed by atoms with Crippen molar-refractivity contribution in [2.75, 3.05) is 11.6 Å². The van der Waals surface area contributed by atoms with Crippen molar-refractivity contribution in [1.29, 1.82) is 0 Å². The standard InChI is InChI=1S/C28H23ClN2O4/c1-3-34-26(32)25-24(20-7-5-4-6-8-20)28(31(30-25)22-15-13-21(29)14-16-22)17-23(35-27(28)33)19-11-9-18(2)10-12-19/h4-17,24H,3H2,1-2H3. The van der Waals surface area contributed by atoms with Crippen LogP contribution in [0.4, 0.5) is 5.69 Å². The lowest BCUT2D eigenvalue weighted by Crippen LogP contribution is -2.51. The number of cyclic esters (lactones) is 1. The zero-order valence-corrected chi connectivity index (χ0v) is 20.0. The lowest BCUT2D eigenvalue weighted by molar-refractivity contribution is -0.139. The molecule has 0 aliphatic carbocycles. The van der Waals surface area contributed by atoms with E-state index in [9.17, 15) is 9.59 Å². The molecule has 1 spiro atoms. The number of hydrazone groups is 1. The van der Waals surface area contributed by atoms with Gasteiger partial charge >= 0.3 is 11.9 Å². The maximum absolute atomic E-state index is 13.8. The van der Waals surface area contributed by atoms with E-state index in [0.29, 0.717) is 16.5 Å². The molecule has 2 atom stereocenters. The van der Waals surface area contributed by atoms with Crippen LogP contribution in [0.15, 0.2) is 90.0 Å². The minimum absolute atomic E-state index is 0.131. The third kappa shape index (κ3) is 3.90. The maximum atomic E-state index is 13.8. The minimum Gasteiger partial charge on any atom is -0.461 e. The molecule has 3 aromatic carbocycles. The average molecular weight is 487 g/mol. The van der Waals surface area contributed by atoms with Crippen LogP contribution in [0.3, 0.4) is 0 Å². The Morgan fingerprint density at radius 1 is 1.06 bits per heavy atom. The van der Waals surface area contributed by atoms with E-state index < -0.39 is 23.4 Å². The Morgan fingerprint density at radius 2 is 1.74 bits per heavy atom. The second kappa shape index (κ2) is 9.04. The Hall–Kier alpha value is -3.90. The second-order valence-electron chi connectivity index (χ2n) is 8.43. The van der Waals surface area contributed by atoms with Gasteiger partial charge < -0.3 is 9.47 Å². The first-order valence-corrected chi connectivity index (χ1v) is 11.7. The van der Waals surface area contributed by atoms with Crippen LogP contribution in [0.1, 0.15) is 29.5 Å². The summed E-state index contributed by atoms with van der Waals surface area (Å²) in [7, 11) is 0. The largest absolute Gasteiger partial charge is 0.461 e. The normalized spacial score (nSPS) is 21.1. The van der Waals surface area contributed by atoms with Gasteiger partial charge in [-0.25, -0.2) is 14.6 Å². The van der Waals surface area contributed by atoms with Gasteiger partial charge in [-0.2, -0.15) is 5.10 Å². The topological polar surface area (TPSA) is 68.2 Å². The van der Waals surface area contributed by atoms with Gasteiger partial charge in [0.2, 0.25) is 0 Å². The molecule has 0 radical (unpaired) electrons. The molecule has 0 saturated carbocycles. The molecule has 6 nitrogen and oxygen atoms in total. The van der Waals surface area contributed by atoms with E-state index in [0.717, 1.165) is 16.7 Å². The Morgan fingerprint density at radius 3 is 2.40 bits per heavy atom. The number of rotatable bonds is 5. The van der Waals surface area contributed by atoms with E-state index in [1.807, 2.05) is 61.5 Å². The van der Waals surface area contributed by atoms with Crippen LogP contribution in [-0.2, 0) is 19.1 Å². The lowest BCUT2D eigenvalue weighted by atomic mass is 9.76. The molecule has 2 aliphatic rings. The summed E-state index contributed by atoms with van der Waals surface area (Å²) in [5, 5.41) is 6.77.